The van der Waals surface area contributed by atoms with Crippen molar-refractivity contribution in [1.82, 2.24) is 9.55 Å². The van der Waals surface area contributed by atoms with Crippen LogP contribution in [0.4, 0.5) is 10.1 Å². The van der Waals surface area contributed by atoms with Crippen LogP contribution in [0.2, 0.25) is 10.0 Å². The van der Waals surface area contributed by atoms with Gasteiger partial charge < -0.3 is 19.3 Å². The lowest BCUT2D eigenvalue weighted by Gasteiger charge is -2.26. The van der Waals surface area contributed by atoms with Gasteiger partial charge in [-0.3, -0.25) is 4.79 Å². The molecule has 0 spiro atoms. The number of aromatic nitrogens is 2. The molecule has 240 valence electrons. The number of fused-ring (bicyclic) bond motifs is 1. The van der Waals surface area contributed by atoms with E-state index >= 15 is 4.39 Å². The highest BCUT2D eigenvalue weighted by Crippen LogP contribution is 2.39. The maximum absolute atomic E-state index is 16.0. The zero-order valence-corrected chi connectivity index (χ0v) is 27.0. The van der Waals surface area contributed by atoms with Crippen molar-refractivity contribution in [3.05, 3.63) is 99.8 Å². The Bertz CT molecular complexity index is 2000. The van der Waals surface area contributed by atoms with E-state index in [1.54, 1.807) is 47.4 Å². The van der Waals surface area contributed by atoms with Crippen LogP contribution in [0.25, 0.3) is 33.5 Å². The lowest BCUT2D eigenvalue weighted by molar-refractivity contribution is -0.117. The molecule has 0 unspecified atom stereocenters. The van der Waals surface area contributed by atoms with Crippen LogP contribution < -0.4 is 9.64 Å². The van der Waals surface area contributed by atoms with Crippen molar-refractivity contribution < 1.29 is 23.8 Å². The van der Waals surface area contributed by atoms with E-state index in [2.05, 4.69) is 4.57 Å². The smallest absolute Gasteiger partial charge is 0.335 e. The van der Waals surface area contributed by atoms with Gasteiger partial charge in [0.1, 0.15) is 24.0 Å². The lowest BCUT2D eigenvalue weighted by Crippen LogP contribution is -2.24. The van der Waals surface area contributed by atoms with E-state index in [-0.39, 0.29) is 24.1 Å². The minimum atomic E-state index is -1.03. The quantitative estimate of drug-likeness (QED) is 0.177. The molecule has 5 aromatic rings. The van der Waals surface area contributed by atoms with Gasteiger partial charge in [-0.05, 0) is 90.6 Å². The third kappa shape index (κ3) is 6.20. The summed E-state index contributed by atoms with van der Waals surface area (Å²) in [6, 6.07) is 20.9. The van der Waals surface area contributed by atoms with Crippen LogP contribution >= 0.6 is 23.2 Å². The number of nitrogens with zero attached hydrogens (tertiary/aromatic N) is 3. The minimum Gasteiger partial charge on any atom is -0.489 e. The number of rotatable bonds is 8. The van der Waals surface area contributed by atoms with Crippen molar-refractivity contribution in [3.63, 3.8) is 0 Å². The van der Waals surface area contributed by atoms with Crippen molar-refractivity contribution in [2.75, 3.05) is 11.4 Å². The minimum absolute atomic E-state index is 0.0223. The van der Waals surface area contributed by atoms with Gasteiger partial charge in [-0.15, -0.1) is 0 Å². The fourth-order valence-corrected chi connectivity index (χ4v) is 7.18. The van der Waals surface area contributed by atoms with Crippen molar-refractivity contribution in [2.45, 2.75) is 57.6 Å². The van der Waals surface area contributed by atoms with Crippen molar-refractivity contribution >= 4 is 51.8 Å². The molecule has 10 heteroatoms. The standard InChI is InChI=1S/C37H32Cl2FN3O4/c38-25-11-8-22(9-12-25)29-20-30(39)34(42-16-4-7-35(42)44)18-24(29)21-47-27-13-14-28(31(40)19-27)36-41-32-17-23(37(45)46)10-15-33(32)43(36)26-5-2-1-3-6-26/h8-15,17-20,26H,1-7,16,21H2,(H,45,46). The first kappa shape index (κ1) is 31.2. The first-order valence-corrected chi connectivity index (χ1v) is 16.6. The molecule has 7 rings (SSSR count). The average Bonchev–Trinajstić information content (AvgIpc) is 3.67. The number of benzene rings is 4. The predicted molar refractivity (Wildman–Crippen MR) is 182 cm³/mol. The first-order valence-electron chi connectivity index (χ1n) is 15.8. The Morgan fingerprint density at radius 3 is 2.43 bits per heavy atom. The lowest BCUT2D eigenvalue weighted by atomic mass is 9.94. The molecule has 1 aliphatic heterocycles. The zero-order chi connectivity index (χ0) is 32.7. The fourth-order valence-electron chi connectivity index (χ4n) is 6.79. The van der Waals surface area contributed by atoms with Gasteiger partial charge in [0.25, 0.3) is 0 Å². The van der Waals surface area contributed by atoms with Gasteiger partial charge in [-0.2, -0.15) is 0 Å². The van der Waals surface area contributed by atoms with E-state index in [0.717, 1.165) is 60.7 Å². The Morgan fingerprint density at radius 1 is 0.936 bits per heavy atom. The molecule has 1 saturated heterocycles. The molecule has 1 aromatic heterocycles. The first-order chi connectivity index (χ1) is 22.8. The molecular weight excluding hydrogens is 640 g/mol. The third-order valence-electron chi connectivity index (χ3n) is 9.14. The zero-order valence-electron chi connectivity index (χ0n) is 25.5. The van der Waals surface area contributed by atoms with E-state index < -0.39 is 11.8 Å². The Kier molecular flexibility index (Phi) is 8.64. The van der Waals surface area contributed by atoms with E-state index in [1.807, 2.05) is 24.3 Å². The molecule has 1 N–H and O–H groups in total. The summed E-state index contributed by atoms with van der Waals surface area (Å²) in [6.45, 7) is 0.691. The monoisotopic (exact) mass is 671 g/mol. The number of carbonyl (C=O) groups is 2. The topological polar surface area (TPSA) is 84.7 Å². The average molecular weight is 673 g/mol. The molecular formula is C37H32Cl2FN3O4. The van der Waals surface area contributed by atoms with Gasteiger partial charge in [-0.25, -0.2) is 14.2 Å². The van der Waals surface area contributed by atoms with Gasteiger partial charge in [-0.1, -0.05) is 54.6 Å². The molecule has 2 aliphatic rings. The Balaban J connectivity index is 1.22. The van der Waals surface area contributed by atoms with Crippen LogP contribution in [0.1, 0.15) is 66.9 Å². The molecule has 1 saturated carbocycles. The van der Waals surface area contributed by atoms with E-state index in [9.17, 15) is 14.7 Å². The molecule has 1 amide bonds. The van der Waals surface area contributed by atoms with Crippen LogP contribution in [0, 0.1) is 5.82 Å². The maximum Gasteiger partial charge on any atom is 0.335 e. The van der Waals surface area contributed by atoms with Crippen LogP contribution in [0.5, 0.6) is 5.75 Å². The molecule has 4 aromatic carbocycles. The summed E-state index contributed by atoms with van der Waals surface area (Å²) in [5, 5.41) is 10.6. The SMILES string of the molecule is O=C(O)c1ccc2c(c1)nc(-c1ccc(OCc3cc(N4CCCC4=O)c(Cl)cc3-c3ccc(Cl)cc3)cc1F)n2C1CCCCC1. The summed E-state index contributed by atoms with van der Waals surface area (Å²) >= 11 is 12.9. The number of carboxylic acid groups (broad SMARTS) is 1. The fraction of sp³-hybridized carbons (Fsp3) is 0.270. The van der Waals surface area contributed by atoms with E-state index in [1.165, 1.54) is 6.07 Å². The largest absolute Gasteiger partial charge is 0.489 e. The van der Waals surface area contributed by atoms with Crippen LogP contribution in [-0.2, 0) is 11.4 Å². The number of carboxylic acids is 1. The van der Waals surface area contributed by atoms with Gasteiger partial charge in [0, 0.05) is 30.1 Å². The number of halogens is 3. The van der Waals surface area contributed by atoms with Gasteiger partial charge in [0.2, 0.25) is 5.91 Å². The second-order valence-corrected chi connectivity index (χ2v) is 13.0. The number of aromatic carboxylic acids is 1. The highest BCUT2D eigenvalue weighted by atomic mass is 35.5. The predicted octanol–water partition coefficient (Wildman–Crippen LogP) is 9.73. The number of carbonyl (C=O) groups excluding carboxylic acids is 1. The summed E-state index contributed by atoms with van der Waals surface area (Å²) in [6.07, 6.45) is 6.44. The summed E-state index contributed by atoms with van der Waals surface area (Å²) in [7, 11) is 0. The summed E-state index contributed by atoms with van der Waals surface area (Å²) in [5.41, 5.74) is 4.88. The van der Waals surface area contributed by atoms with Crippen molar-refractivity contribution in [3.8, 4) is 28.3 Å². The highest BCUT2D eigenvalue weighted by molar-refractivity contribution is 6.34. The molecule has 0 bridgehead atoms. The number of anilines is 1. The molecule has 0 radical (unpaired) electrons. The maximum atomic E-state index is 16.0. The van der Waals surface area contributed by atoms with Crippen molar-refractivity contribution in [2.24, 2.45) is 0 Å². The van der Waals surface area contributed by atoms with E-state index in [0.29, 0.717) is 51.4 Å². The van der Waals surface area contributed by atoms with Gasteiger partial charge in [0.05, 0.1) is 32.9 Å². The van der Waals surface area contributed by atoms with E-state index in [4.69, 9.17) is 32.9 Å². The molecule has 2 fully saturated rings. The number of hydrogen-bond acceptors (Lipinski definition) is 4. The number of hydrogen-bond donors (Lipinski definition) is 1. The summed E-state index contributed by atoms with van der Waals surface area (Å²) in [5.74, 6) is -0.705. The number of ether oxygens (including phenoxy) is 1. The normalized spacial score (nSPS) is 15.5. The van der Waals surface area contributed by atoms with Crippen LogP contribution in [0.15, 0.2) is 72.8 Å². The highest BCUT2D eigenvalue weighted by Gasteiger charge is 2.27. The molecule has 7 nitrogen and oxygen atoms in total. The molecule has 47 heavy (non-hydrogen) atoms. The number of imidazole rings is 1. The third-order valence-corrected chi connectivity index (χ3v) is 9.70. The second-order valence-electron chi connectivity index (χ2n) is 12.2. The summed E-state index contributed by atoms with van der Waals surface area (Å²) in [4.78, 5) is 30.7. The molecule has 2 heterocycles. The van der Waals surface area contributed by atoms with Crippen LogP contribution in [-0.4, -0.2) is 33.1 Å². The van der Waals surface area contributed by atoms with Gasteiger partial charge >= 0.3 is 5.97 Å². The Morgan fingerprint density at radius 2 is 1.72 bits per heavy atom. The van der Waals surface area contributed by atoms with Crippen LogP contribution in [0.3, 0.4) is 0 Å². The number of amides is 1. The van der Waals surface area contributed by atoms with Crippen molar-refractivity contribution in [1.29, 1.82) is 0 Å². The van der Waals surface area contributed by atoms with Gasteiger partial charge in [0.15, 0.2) is 0 Å². The summed E-state index contributed by atoms with van der Waals surface area (Å²) < 4.78 is 24.2. The Labute approximate surface area is 281 Å². The Hall–Kier alpha value is -4.40. The molecule has 1 aliphatic carbocycles. The second kappa shape index (κ2) is 13.0. The molecule has 0 atom stereocenters.